The third-order valence-electron chi connectivity index (χ3n) is 6.55. The highest BCUT2D eigenvalue weighted by Crippen LogP contribution is 2.48. The first-order valence-corrected chi connectivity index (χ1v) is 12.6. The Morgan fingerprint density at radius 2 is 2.06 bits per heavy atom. The van der Waals surface area contributed by atoms with Gasteiger partial charge in [-0.3, -0.25) is 4.79 Å². The van der Waals surface area contributed by atoms with E-state index in [0.29, 0.717) is 18.4 Å². The second kappa shape index (κ2) is 9.47. The van der Waals surface area contributed by atoms with E-state index in [0.717, 1.165) is 54.3 Å². The van der Waals surface area contributed by atoms with Crippen LogP contribution in [0.5, 0.6) is 11.5 Å². The van der Waals surface area contributed by atoms with Crippen LogP contribution in [0.3, 0.4) is 0 Å². The number of allylic oxidation sites excluding steroid dienone is 1. The lowest BCUT2D eigenvalue weighted by molar-refractivity contribution is 0.0644. The average molecular weight is 470 g/mol. The van der Waals surface area contributed by atoms with E-state index in [1.165, 1.54) is 11.1 Å². The van der Waals surface area contributed by atoms with Crippen molar-refractivity contribution in [1.82, 2.24) is 9.47 Å². The normalized spacial score (nSPS) is 17.0. The van der Waals surface area contributed by atoms with E-state index in [-0.39, 0.29) is 11.4 Å². The Morgan fingerprint density at radius 3 is 2.70 bits per heavy atom. The van der Waals surface area contributed by atoms with Crippen LogP contribution < -0.4 is 15.2 Å². The van der Waals surface area contributed by atoms with E-state index < -0.39 is 0 Å². The van der Waals surface area contributed by atoms with Crippen molar-refractivity contribution in [3.05, 3.63) is 46.5 Å². The predicted octanol–water partition coefficient (Wildman–Crippen LogP) is 5.01. The van der Waals surface area contributed by atoms with Crippen LogP contribution in [0.1, 0.15) is 60.5 Å². The van der Waals surface area contributed by atoms with E-state index in [2.05, 4.69) is 55.0 Å². The maximum atomic E-state index is 13.6. The van der Waals surface area contributed by atoms with E-state index in [4.69, 9.17) is 15.2 Å². The molecule has 0 radical (unpaired) electrons. The largest absolute Gasteiger partial charge is 0.493 e. The summed E-state index contributed by atoms with van der Waals surface area (Å²) in [5, 5.41) is 2.47. The van der Waals surface area contributed by atoms with Gasteiger partial charge < -0.3 is 24.7 Å². The molecule has 0 fully saturated rings. The fraction of sp³-hybridized carbons (Fsp3) is 0.500. The van der Waals surface area contributed by atoms with Gasteiger partial charge in [0.1, 0.15) is 5.69 Å². The SMILES string of the molecule is COc1cc2c(cc1OCCCN)-c1c(C3CC=CS3)cc(C(=O)N(C)C(C)(C)C)n1CC2. The number of aromatic nitrogens is 1. The van der Waals surface area contributed by atoms with Gasteiger partial charge in [0.25, 0.3) is 5.91 Å². The lowest BCUT2D eigenvalue weighted by atomic mass is 9.94. The number of hydrogen-bond acceptors (Lipinski definition) is 5. The monoisotopic (exact) mass is 469 g/mol. The highest BCUT2D eigenvalue weighted by Gasteiger charge is 2.33. The molecule has 1 aromatic carbocycles. The number of carbonyl (C=O) groups is 1. The zero-order valence-corrected chi connectivity index (χ0v) is 21.1. The van der Waals surface area contributed by atoms with Gasteiger partial charge in [-0.1, -0.05) is 6.08 Å². The highest BCUT2D eigenvalue weighted by atomic mass is 32.2. The van der Waals surface area contributed by atoms with E-state index in [9.17, 15) is 4.79 Å². The zero-order valence-electron chi connectivity index (χ0n) is 20.3. The van der Waals surface area contributed by atoms with Crippen molar-refractivity contribution in [2.24, 2.45) is 5.73 Å². The lowest BCUT2D eigenvalue weighted by Crippen LogP contribution is -2.43. The Bertz CT molecular complexity index is 1060. The molecule has 33 heavy (non-hydrogen) atoms. The molecule has 2 aliphatic heterocycles. The number of thioether (sulfide) groups is 1. The maximum absolute atomic E-state index is 13.6. The first kappa shape index (κ1) is 23.8. The predicted molar refractivity (Wildman–Crippen MR) is 135 cm³/mol. The fourth-order valence-electron chi connectivity index (χ4n) is 4.39. The smallest absolute Gasteiger partial charge is 0.270 e. The molecule has 1 amide bonds. The molecule has 0 saturated heterocycles. The molecule has 0 spiro atoms. The van der Waals surface area contributed by atoms with Gasteiger partial charge in [0.05, 0.1) is 19.4 Å². The number of hydrogen-bond donors (Lipinski definition) is 1. The molecule has 178 valence electrons. The molecule has 0 aliphatic carbocycles. The lowest BCUT2D eigenvalue weighted by Gasteiger charge is -2.33. The number of carbonyl (C=O) groups excluding carboxylic acids is 1. The topological polar surface area (TPSA) is 69.7 Å². The van der Waals surface area contributed by atoms with Gasteiger partial charge >= 0.3 is 0 Å². The number of aryl methyl sites for hydroxylation is 1. The number of nitrogens with zero attached hydrogens (tertiary/aromatic N) is 2. The molecule has 4 rings (SSSR count). The van der Waals surface area contributed by atoms with Gasteiger partial charge in [0.15, 0.2) is 11.5 Å². The van der Waals surface area contributed by atoms with Crippen molar-refractivity contribution in [1.29, 1.82) is 0 Å². The van der Waals surface area contributed by atoms with E-state index in [1.807, 2.05) is 23.7 Å². The van der Waals surface area contributed by atoms with Gasteiger partial charge in [-0.2, -0.15) is 0 Å². The minimum Gasteiger partial charge on any atom is -0.493 e. The van der Waals surface area contributed by atoms with Crippen LogP contribution in [0, 0.1) is 0 Å². The highest BCUT2D eigenvalue weighted by molar-refractivity contribution is 8.02. The number of ether oxygens (including phenoxy) is 2. The summed E-state index contributed by atoms with van der Waals surface area (Å²) in [6.45, 7) is 8.09. The summed E-state index contributed by atoms with van der Waals surface area (Å²) in [6.07, 6.45) is 4.80. The molecule has 2 N–H and O–H groups in total. The van der Waals surface area contributed by atoms with Crippen LogP contribution in [-0.4, -0.2) is 48.2 Å². The van der Waals surface area contributed by atoms with Crippen molar-refractivity contribution < 1.29 is 14.3 Å². The molecule has 2 aromatic rings. The molecule has 7 heteroatoms. The summed E-state index contributed by atoms with van der Waals surface area (Å²) in [5.41, 5.74) is 10.9. The summed E-state index contributed by atoms with van der Waals surface area (Å²) < 4.78 is 13.9. The van der Waals surface area contributed by atoms with Crippen LogP contribution in [0.25, 0.3) is 11.3 Å². The molecule has 2 aliphatic rings. The second-order valence-corrected chi connectivity index (χ2v) is 10.8. The summed E-state index contributed by atoms with van der Waals surface area (Å²) in [6, 6.07) is 6.31. The molecule has 3 heterocycles. The Kier molecular flexibility index (Phi) is 6.82. The first-order chi connectivity index (χ1) is 15.8. The standard InChI is InChI=1S/C26H35N3O3S/c1-26(2,3)28(4)25(30)20-15-19(23-8-6-13-33-23)24-18-16-22(32-12-7-10-27)21(31-5)14-17(18)9-11-29(20)24/h6,13-16,23H,7-12,27H2,1-5H3. The number of fused-ring (bicyclic) bond motifs is 3. The second-order valence-electron chi connectivity index (χ2n) is 9.65. The number of methoxy groups -OCH3 is 1. The summed E-state index contributed by atoms with van der Waals surface area (Å²) >= 11 is 1.82. The number of amides is 1. The molecule has 1 atom stereocenters. The first-order valence-electron chi connectivity index (χ1n) is 11.6. The summed E-state index contributed by atoms with van der Waals surface area (Å²) in [7, 11) is 3.56. The van der Waals surface area contributed by atoms with Gasteiger partial charge in [-0.15, -0.1) is 11.8 Å². The Morgan fingerprint density at radius 1 is 1.27 bits per heavy atom. The Labute approximate surface area is 201 Å². The van der Waals surface area contributed by atoms with E-state index >= 15 is 0 Å². The molecule has 1 aromatic heterocycles. The third-order valence-corrected chi connectivity index (χ3v) is 7.67. The minimum absolute atomic E-state index is 0.0577. The van der Waals surface area contributed by atoms with Crippen LogP contribution in [0.2, 0.25) is 0 Å². The van der Waals surface area contributed by atoms with Crippen LogP contribution >= 0.6 is 11.8 Å². The van der Waals surface area contributed by atoms with Crippen LogP contribution in [0.15, 0.2) is 29.7 Å². The van der Waals surface area contributed by atoms with Crippen molar-refractivity contribution in [2.45, 2.75) is 57.4 Å². The molecule has 0 saturated carbocycles. The van der Waals surface area contributed by atoms with Crippen molar-refractivity contribution in [2.75, 3.05) is 27.3 Å². The van der Waals surface area contributed by atoms with Crippen molar-refractivity contribution >= 4 is 17.7 Å². The van der Waals surface area contributed by atoms with Crippen molar-refractivity contribution in [3.8, 4) is 22.8 Å². The summed E-state index contributed by atoms with van der Waals surface area (Å²) in [4.78, 5) is 15.4. The fourth-order valence-corrected chi connectivity index (χ4v) is 5.35. The maximum Gasteiger partial charge on any atom is 0.270 e. The average Bonchev–Trinajstić information content (AvgIpc) is 3.45. The van der Waals surface area contributed by atoms with Gasteiger partial charge in [-0.05, 0) is 81.3 Å². The Balaban J connectivity index is 1.84. The minimum atomic E-state index is -0.254. The molecule has 6 nitrogen and oxygen atoms in total. The number of benzene rings is 1. The van der Waals surface area contributed by atoms with Gasteiger partial charge in [0.2, 0.25) is 0 Å². The number of nitrogens with two attached hydrogens (primary N) is 1. The zero-order chi connectivity index (χ0) is 23.8. The quantitative estimate of drug-likeness (QED) is 0.577. The molecule has 1 unspecified atom stereocenters. The van der Waals surface area contributed by atoms with Gasteiger partial charge in [-0.25, -0.2) is 0 Å². The third kappa shape index (κ3) is 4.53. The van der Waals surface area contributed by atoms with E-state index in [1.54, 1.807) is 7.11 Å². The molecule has 0 bridgehead atoms. The molecular formula is C26H35N3O3S. The van der Waals surface area contributed by atoms with Crippen LogP contribution in [-0.2, 0) is 13.0 Å². The van der Waals surface area contributed by atoms with Gasteiger partial charge in [0, 0.05) is 29.9 Å². The molecular weight excluding hydrogens is 434 g/mol. The summed E-state index contributed by atoms with van der Waals surface area (Å²) in [5.74, 6) is 1.53. The van der Waals surface area contributed by atoms with Crippen molar-refractivity contribution in [3.63, 3.8) is 0 Å². The van der Waals surface area contributed by atoms with Crippen LogP contribution in [0.4, 0.5) is 0 Å². The Hall–Kier alpha value is -2.38. The number of rotatable bonds is 7.